The summed E-state index contributed by atoms with van der Waals surface area (Å²) in [5.74, 6) is 0. The van der Waals surface area contributed by atoms with E-state index in [0.717, 1.165) is 22.3 Å². The van der Waals surface area contributed by atoms with Gasteiger partial charge >= 0.3 is 6.03 Å². The van der Waals surface area contributed by atoms with Crippen molar-refractivity contribution in [1.82, 2.24) is 14.6 Å². The number of carbonyl (C=O) groups is 1. The third-order valence-electron chi connectivity index (χ3n) is 5.25. The molecule has 0 radical (unpaired) electrons. The predicted octanol–water partition coefficient (Wildman–Crippen LogP) is 4.08. The minimum atomic E-state index is -0.400. The van der Waals surface area contributed by atoms with Gasteiger partial charge in [0.15, 0.2) is 0 Å². The average Bonchev–Trinajstić information content (AvgIpc) is 3.19. The van der Waals surface area contributed by atoms with Crippen LogP contribution in [0, 0.1) is 24.0 Å². The Morgan fingerprint density at radius 2 is 2.00 bits per heavy atom. The second-order valence-electron chi connectivity index (χ2n) is 7.52. The molecule has 1 amide bonds. The van der Waals surface area contributed by atoms with Gasteiger partial charge in [-0.25, -0.2) is 14.8 Å². The van der Waals surface area contributed by atoms with Crippen molar-refractivity contribution in [3.05, 3.63) is 93.1 Å². The Bertz CT molecular complexity index is 1170. The number of hydrogen-bond acceptors (Lipinski definition) is 5. The first-order valence-corrected chi connectivity index (χ1v) is 9.60. The molecule has 1 unspecified atom stereocenters. The monoisotopic (exact) mass is 403 g/mol. The summed E-state index contributed by atoms with van der Waals surface area (Å²) < 4.78 is 1.39. The van der Waals surface area contributed by atoms with Gasteiger partial charge < -0.3 is 0 Å². The topological polar surface area (TPSA) is 93.6 Å². The van der Waals surface area contributed by atoms with Gasteiger partial charge in [0.1, 0.15) is 6.33 Å². The number of hydrazone groups is 1. The number of hydrogen-bond donors (Lipinski definition) is 0. The fraction of sp³-hybridized carbons (Fsp3) is 0.227. The highest BCUT2D eigenvalue weighted by molar-refractivity contribution is 6.14. The van der Waals surface area contributed by atoms with E-state index in [1.165, 1.54) is 22.0 Å². The standard InChI is InChI=1S/C22H21N5O3/c1-14-4-5-17-12-16(3)26(22(28)25-9-8-23-13-25)24-21(19(17)10-14)18-6-7-20(27(29)30)15(2)11-18/h4-11,13,16H,12H2,1-3H3. The van der Waals surface area contributed by atoms with Gasteiger partial charge in [0.25, 0.3) is 5.69 Å². The summed E-state index contributed by atoms with van der Waals surface area (Å²) >= 11 is 0. The molecule has 4 rings (SSSR count). The van der Waals surface area contributed by atoms with Gasteiger partial charge in [-0.3, -0.25) is 14.7 Å². The van der Waals surface area contributed by atoms with Crippen LogP contribution in [0.2, 0.25) is 0 Å². The summed E-state index contributed by atoms with van der Waals surface area (Å²) in [7, 11) is 0. The van der Waals surface area contributed by atoms with Crippen molar-refractivity contribution in [2.24, 2.45) is 5.10 Å². The number of aryl methyl sites for hydroxylation is 2. The summed E-state index contributed by atoms with van der Waals surface area (Å²) in [6.45, 7) is 5.65. The van der Waals surface area contributed by atoms with Crippen molar-refractivity contribution >= 4 is 17.4 Å². The van der Waals surface area contributed by atoms with Crippen LogP contribution in [-0.2, 0) is 6.42 Å². The number of nitro groups is 1. The largest absolute Gasteiger partial charge is 0.350 e. The third-order valence-corrected chi connectivity index (χ3v) is 5.25. The van der Waals surface area contributed by atoms with Gasteiger partial charge in [-0.1, -0.05) is 17.7 Å². The molecule has 8 nitrogen and oxygen atoms in total. The van der Waals surface area contributed by atoms with Crippen LogP contribution in [-0.4, -0.2) is 37.3 Å². The first-order chi connectivity index (χ1) is 14.3. The van der Waals surface area contributed by atoms with Gasteiger partial charge in [-0.15, -0.1) is 0 Å². The predicted molar refractivity (Wildman–Crippen MR) is 113 cm³/mol. The van der Waals surface area contributed by atoms with Gasteiger partial charge in [0.05, 0.1) is 16.7 Å². The summed E-state index contributed by atoms with van der Waals surface area (Å²) in [6.07, 6.45) is 5.21. The molecule has 8 heteroatoms. The van der Waals surface area contributed by atoms with Gasteiger partial charge in [-0.2, -0.15) is 5.10 Å². The van der Waals surface area contributed by atoms with Gasteiger partial charge in [0.2, 0.25) is 0 Å². The molecular weight excluding hydrogens is 382 g/mol. The van der Waals surface area contributed by atoms with Crippen molar-refractivity contribution in [3.8, 4) is 0 Å². The SMILES string of the molecule is Cc1ccc2c(c1)C(c1ccc([N+](=O)[O-])c(C)c1)=NN(C(=O)n1ccnc1)C(C)C2. The van der Waals surface area contributed by atoms with Crippen molar-refractivity contribution in [1.29, 1.82) is 0 Å². The zero-order valence-corrected chi connectivity index (χ0v) is 16.9. The fourth-order valence-corrected chi connectivity index (χ4v) is 3.70. The third kappa shape index (κ3) is 3.47. The van der Waals surface area contributed by atoms with E-state index >= 15 is 0 Å². The molecule has 0 bridgehead atoms. The zero-order chi connectivity index (χ0) is 21.4. The minimum Gasteiger partial charge on any atom is -0.258 e. The number of aromatic nitrogens is 2. The van der Waals surface area contributed by atoms with Crippen molar-refractivity contribution < 1.29 is 9.72 Å². The Labute approximate surface area is 173 Å². The number of amides is 1. The van der Waals surface area contributed by atoms with E-state index in [2.05, 4.69) is 11.1 Å². The van der Waals surface area contributed by atoms with E-state index in [1.54, 1.807) is 31.5 Å². The van der Waals surface area contributed by atoms with Crippen LogP contribution in [0.3, 0.4) is 0 Å². The number of carbonyl (C=O) groups excluding carboxylic acids is 1. The Morgan fingerprint density at radius 1 is 1.20 bits per heavy atom. The summed E-state index contributed by atoms with van der Waals surface area (Å²) in [6, 6.07) is 10.6. The van der Waals surface area contributed by atoms with Crippen molar-refractivity contribution in [2.45, 2.75) is 33.2 Å². The molecule has 152 valence electrons. The lowest BCUT2D eigenvalue weighted by molar-refractivity contribution is -0.385. The maximum atomic E-state index is 13.1. The highest BCUT2D eigenvalue weighted by Gasteiger charge is 2.28. The quantitative estimate of drug-likeness (QED) is 0.476. The fourth-order valence-electron chi connectivity index (χ4n) is 3.70. The van der Waals surface area contributed by atoms with Crippen LogP contribution in [0.25, 0.3) is 0 Å². The molecule has 1 aliphatic heterocycles. The lowest BCUT2D eigenvalue weighted by atomic mass is 9.92. The van der Waals surface area contributed by atoms with E-state index < -0.39 is 4.92 Å². The Hall–Kier alpha value is -3.81. The second-order valence-corrected chi connectivity index (χ2v) is 7.52. The van der Waals surface area contributed by atoms with Crippen LogP contribution in [0.1, 0.15) is 34.7 Å². The average molecular weight is 403 g/mol. The van der Waals surface area contributed by atoms with E-state index in [1.807, 2.05) is 26.0 Å². The molecule has 0 N–H and O–H groups in total. The van der Waals surface area contributed by atoms with Crippen molar-refractivity contribution in [3.63, 3.8) is 0 Å². The molecule has 0 aliphatic carbocycles. The first kappa shape index (κ1) is 19.5. The van der Waals surface area contributed by atoms with E-state index in [0.29, 0.717) is 17.7 Å². The lowest BCUT2D eigenvalue weighted by Gasteiger charge is -2.23. The molecular formula is C22H21N5O3. The Balaban J connectivity index is 1.90. The zero-order valence-electron chi connectivity index (χ0n) is 16.9. The molecule has 0 spiro atoms. The molecule has 1 atom stereocenters. The van der Waals surface area contributed by atoms with E-state index in [-0.39, 0.29) is 17.8 Å². The molecule has 0 saturated carbocycles. The van der Waals surface area contributed by atoms with Gasteiger partial charge in [-0.05, 0) is 51.0 Å². The molecule has 2 aromatic carbocycles. The highest BCUT2D eigenvalue weighted by Crippen LogP contribution is 2.27. The lowest BCUT2D eigenvalue weighted by Crippen LogP contribution is -2.37. The maximum absolute atomic E-state index is 13.1. The number of imidazole rings is 1. The molecule has 30 heavy (non-hydrogen) atoms. The molecule has 1 aromatic heterocycles. The maximum Gasteiger partial charge on any atom is 0.350 e. The summed E-state index contributed by atoms with van der Waals surface area (Å²) in [5, 5.41) is 17.5. The molecule has 0 saturated heterocycles. The van der Waals surface area contributed by atoms with Crippen LogP contribution in [0.5, 0.6) is 0 Å². The van der Waals surface area contributed by atoms with Crippen molar-refractivity contribution in [2.75, 3.05) is 0 Å². The van der Waals surface area contributed by atoms with Crippen LogP contribution < -0.4 is 0 Å². The highest BCUT2D eigenvalue weighted by atomic mass is 16.6. The van der Waals surface area contributed by atoms with E-state index in [9.17, 15) is 14.9 Å². The molecule has 1 aliphatic rings. The number of fused-ring (bicyclic) bond motifs is 1. The van der Waals surface area contributed by atoms with Crippen LogP contribution in [0.15, 0.2) is 60.2 Å². The van der Waals surface area contributed by atoms with Crippen LogP contribution >= 0.6 is 0 Å². The molecule has 2 heterocycles. The second kappa shape index (κ2) is 7.55. The smallest absolute Gasteiger partial charge is 0.258 e. The molecule has 0 fully saturated rings. The summed E-state index contributed by atoms with van der Waals surface area (Å²) in [5.41, 5.74) is 5.00. The Kier molecular flexibility index (Phi) is 4.91. The van der Waals surface area contributed by atoms with Crippen LogP contribution in [0.4, 0.5) is 10.5 Å². The number of nitro benzene ring substituents is 1. The number of nitrogens with zero attached hydrogens (tertiary/aromatic N) is 5. The first-order valence-electron chi connectivity index (χ1n) is 9.60. The minimum absolute atomic E-state index is 0.0529. The number of rotatable bonds is 2. The van der Waals surface area contributed by atoms with E-state index in [4.69, 9.17) is 5.10 Å². The Morgan fingerprint density at radius 3 is 2.67 bits per heavy atom. The molecule has 3 aromatic rings. The number of benzene rings is 2. The summed E-state index contributed by atoms with van der Waals surface area (Å²) in [4.78, 5) is 27.9. The normalized spacial score (nSPS) is 15.9. The van der Waals surface area contributed by atoms with Gasteiger partial charge in [0, 0.05) is 35.2 Å².